The van der Waals surface area contributed by atoms with Gasteiger partial charge in [0.1, 0.15) is 0 Å². The average Bonchev–Trinajstić information content (AvgIpc) is 2.47. The lowest BCUT2D eigenvalue weighted by Gasteiger charge is -1.98. The molecule has 0 saturated heterocycles. The lowest BCUT2D eigenvalue weighted by Crippen LogP contribution is -1.80. The van der Waals surface area contributed by atoms with Gasteiger partial charge in [-0.15, -0.1) is 11.3 Å². The summed E-state index contributed by atoms with van der Waals surface area (Å²) in [4.78, 5) is 1.30. The fraction of sp³-hybridized carbons (Fsp3) is 0.182. The molecular formula is C11H8BrNS. The Kier molecular flexibility index (Phi) is 2.58. The first-order valence-electron chi connectivity index (χ1n) is 4.26. The second-order valence-electron chi connectivity index (χ2n) is 3.18. The molecule has 1 aromatic heterocycles. The summed E-state index contributed by atoms with van der Waals surface area (Å²) >= 11 is 5.30. The molecule has 0 N–H and O–H groups in total. The summed E-state index contributed by atoms with van der Waals surface area (Å²) < 4.78 is 2.34. The summed E-state index contributed by atoms with van der Waals surface area (Å²) in [5.74, 6) is 0. The molecule has 0 aliphatic carbocycles. The van der Waals surface area contributed by atoms with Crippen molar-refractivity contribution < 1.29 is 0 Å². The summed E-state index contributed by atoms with van der Waals surface area (Å²) in [5.41, 5.74) is 1.08. The van der Waals surface area contributed by atoms with Crippen molar-refractivity contribution in [3.63, 3.8) is 0 Å². The molecule has 0 unspecified atom stereocenters. The molecule has 1 heterocycles. The third-order valence-corrected chi connectivity index (χ3v) is 3.71. The predicted octanol–water partition coefficient (Wildman–Crippen LogP) is 4.04. The Morgan fingerprint density at radius 2 is 2.21 bits per heavy atom. The Balaban J connectivity index is 2.66. The molecule has 0 aliphatic heterocycles. The van der Waals surface area contributed by atoms with E-state index in [2.05, 4.69) is 41.1 Å². The number of rotatable bonds is 1. The van der Waals surface area contributed by atoms with Crippen molar-refractivity contribution in [2.75, 3.05) is 0 Å². The maximum Gasteiger partial charge on any atom is 0.0669 e. The van der Waals surface area contributed by atoms with Gasteiger partial charge in [-0.2, -0.15) is 5.26 Å². The van der Waals surface area contributed by atoms with Gasteiger partial charge in [-0.3, -0.25) is 0 Å². The summed E-state index contributed by atoms with van der Waals surface area (Å²) in [6, 6.07) is 8.46. The Bertz CT molecular complexity index is 522. The van der Waals surface area contributed by atoms with Crippen LogP contribution in [-0.2, 0) is 6.42 Å². The standard InChI is InChI=1S/C11H8BrNS/c1-7-4-9-10(12)5-8(2-3-13)6-11(9)14-7/h4-6H,2H2,1H3. The van der Waals surface area contributed by atoms with Gasteiger partial charge in [0.25, 0.3) is 0 Å². The first kappa shape index (κ1) is 9.70. The molecule has 0 spiro atoms. The van der Waals surface area contributed by atoms with Gasteiger partial charge in [0.15, 0.2) is 0 Å². The van der Waals surface area contributed by atoms with Crippen molar-refractivity contribution >= 4 is 37.4 Å². The van der Waals surface area contributed by atoms with Gasteiger partial charge in [-0.05, 0) is 30.7 Å². The van der Waals surface area contributed by atoms with Crippen LogP contribution in [0.25, 0.3) is 10.1 Å². The zero-order chi connectivity index (χ0) is 10.1. The smallest absolute Gasteiger partial charge is 0.0669 e. The molecule has 0 aliphatic rings. The number of nitriles is 1. The van der Waals surface area contributed by atoms with E-state index in [9.17, 15) is 0 Å². The van der Waals surface area contributed by atoms with Crippen molar-refractivity contribution in [2.45, 2.75) is 13.3 Å². The van der Waals surface area contributed by atoms with Gasteiger partial charge in [0, 0.05) is 19.4 Å². The number of thiophene rings is 1. The van der Waals surface area contributed by atoms with Crippen LogP contribution in [0.3, 0.4) is 0 Å². The number of nitrogens with zero attached hydrogens (tertiary/aromatic N) is 1. The highest BCUT2D eigenvalue weighted by Crippen LogP contribution is 2.32. The van der Waals surface area contributed by atoms with Crippen LogP contribution in [0, 0.1) is 18.3 Å². The average molecular weight is 266 g/mol. The van der Waals surface area contributed by atoms with Gasteiger partial charge in [0.2, 0.25) is 0 Å². The molecular weight excluding hydrogens is 258 g/mol. The molecule has 0 fully saturated rings. The molecule has 0 saturated carbocycles. The van der Waals surface area contributed by atoms with Gasteiger partial charge >= 0.3 is 0 Å². The molecule has 1 aromatic carbocycles. The molecule has 70 valence electrons. The summed E-state index contributed by atoms with van der Waals surface area (Å²) in [6.45, 7) is 2.10. The van der Waals surface area contributed by atoms with Crippen molar-refractivity contribution in [3.8, 4) is 6.07 Å². The van der Waals surface area contributed by atoms with E-state index >= 15 is 0 Å². The first-order valence-corrected chi connectivity index (χ1v) is 5.87. The van der Waals surface area contributed by atoms with E-state index in [1.54, 1.807) is 11.3 Å². The number of benzene rings is 1. The minimum absolute atomic E-state index is 0.478. The topological polar surface area (TPSA) is 23.8 Å². The highest BCUT2D eigenvalue weighted by Gasteiger charge is 2.04. The molecule has 0 bridgehead atoms. The lowest BCUT2D eigenvalue weighted by atomic mass is 10.1. The number of hydrogen-bond acceptors (Lipinski definition) is 2. The van der Waals surface area contributed by atoms with Crippen molar-refractivity contribution in [1.29, 1.82) is 5.26 Å². The quantitative estimate of drug-likeness (QED) is 0.764. The van der Waals surface area contributed by atoms with E-state index in [1.807, 2.05) is 6.07 Å². The van der Waals surface area contributed by atoms with Gasteiger partial charge in [0.05, 0.1) is 12.5 Å². The van der Waals surface area contributed by atoms with E-state index in [-0.39, 0.29) is 0 Å². The second kappa shape index (κ2) is 3.72. The summed E-state index contributed by atoms with van der Waals surface area (Å²) in [7, 11) is 0. The molecule has 1 nitrogen and oxygen atoms in total. The highest BCUT2D eigenvalue weighted by atomic mass is 79.9. The van der Waals surface area contributed by atoms with Crippen LogP contribution in [0.2, 0.25) is 0 Å². The zero-order valence-corrected chi connectivity index (χ0v) is 10.1. The highest BCUT2D eigenvalue weighted by molar-refractivity contribution is 9.10. The summed E-state index contributed by atoms with van der Waals surface area (Å²) in [5, 5.41) is 9.87. The maximum atomic E-state index is 8.63. The molecule has 2 rings (SSSR count). The van der Waals surface area contributed by atoms with Crippen LogP contribution < -0.4 is 0 Å². The number of hydrogen-bond donors (Lipinski definition) is 0. The van der Waals surface area contributed by atoms with E-state index in [1.165, 1.54) is 15.0 Å². The largest absolute Gasteiger partial charge is 0.198 e. The van der Waals surface area contributed by atoms with Crippen molar-refractivity contribution in [1.82, 2.24) is 0 Å². The predicted molar refractivity (Wildman–Crippen MR) is 63.6 cm³/mol. The minimum Gasteiger partial charge on any atom is -0.198 e. The fourth-order valence-electron chi connectivity index (χ4n) is 1.47. The monoisotopic (exact) mass is 265 g/mol. The Morgan fingerprint density at radius 3 is 2.93 bits per heavy atom. The van der Waals surface area contributed by atoms with Crippen LogP contribution in [0.4, 0.5) is 0 Å². The second-order valence-corrected chi connectivity index (χ2v) is 5.32. The summed E-state index contributed by atoms with van der Waals surface area (Å²) in [6.07, 6.45) is 0.478. The van der Waals surface area contributed by atoms with Crippen LogP contribution in [0.5, 0.6) is 0 Å². The SMILES string of the molecule is Cc1cc2c(Br)cc(CC#N)cc2s1. The number of fused-ring (bicyclic) bond motifs is 1. The fourth-order valence-corrected chi connectivity index (χ4v) is 3.24. The maximum absolute atomic E-state index is 8.63. The first-order chi connectivity index (χ1) is 6.70. The van der Waals surface area contributed by atoms with Gasteiger partial charge in [-0.25, -0.2) is 0 Å². The van der Waals surface area contributed by atoms with Crippen LogP contribution in [0.1, 0.15) is 10.4 Å². The van der Waals surface area contributed by atoms with Crippen LogP contribution >= 0.6 is 27.3 Å². The van der Waals surface area contributed by atoms with Crippen LogP contribution in [-0.4, -0.2) is 0 Å². The van der Waals surface area contributed by atoms with Crippen molar-refractivity contribution in [3.05, 3.63) is 33.1 Å². The van der Waals surface area contributed by atoms with Crippen molar-refractivity contribution in [2.24, 2.45) is 0 Å². The Morgan fingerprint density at radius 1 is 1.43 bits per heavy atom. The van der Waals surface area contributed by atoms with Gasteiger partial charge in [-0.1, -0.05) is 15.9 Å². The number of aryl methyl sites for hydroxylation is 1. The Hall–Kier alpha value is -0.850. The van der Waals surface area contributed by atoms with Gasteiger partial charge < -0.3 is 0 Å². The third-order valence-electron chi connectivity index (χ3n) is 2.05. The Labute approximate surface area is 95.1 Å². The molecule has 0 amide bonds. The minimum atomic E-state index is 0.478. The van der Waals surface area contributed by atoms with E-state index in [4.69, 9.17) is 5.26 Å². The van der Waals surface area contributed by atoms with E-state index < -0.39 is 0 Å². The molecule has 2 aromatic rings. The molecule has 0 radical (unpaired) electrons. The normalized spacial score (nSPS) is 10.4. The zero-order valence-electron chi connectivity index (χ0n) is 7.67. The third kappa shape index (κ3) is 1.68. The van der Waals surface area contributed by atoms with Crippen LogP contribution in [0.15, 0.2) is 22.7 Å². The van der Waals surface area contributed by atoms with E-state index in [0.29, 0.717) is 6.42 Å². The lowest BCUT2D eigenvalue weighted by molar-refractivity contribution is 1.27. The number of halogens is 1. The molecule has 14 heavy (non-hydrogen) atoms. The molecule has 3 heteroatoms. The van der Waals surface area contributed by atoms with E-state index in [0.717, 1.165) is 10.0 Å². The molecule has 0 atom stereocenters.